The number of hydrogen-bond donors (Lipinski definition) is 1. The van der Waals surface area contributed by atoms with Crippen LogP contribution in [0.5, 0.6) is 17.5 Å². The highest BCUT2D eigenvalue weighted by atomic mass is 16.5. The van der Waals surface area contributed by atoms with Crippen LogP contribution >= 0.6 is 0 Å². The SMILES string of the molecule is COc1nc(N/N=C\c2ccc(OC)c(OC)c2)nc(N2CCOCC2)n1. The number of rotatable bonds is 7. The molecule has 0 amide bonds. The molecule has 1 aliphatic rings. The van der Waals surface area contributed by atoms with Gasteiger partial charge in [-0.05, 0) is 23.8 Å². The van der Waals surface area contributed by atoms with Crippen molar-refractivity contribution in [2.45, 2.75) is 0 Å². The summed E-state index contributed by atoms with van der Waals surface area (Å²) in [6.45, 7) is 2.69. The van der Waals surface area contributed by atoms with Gasteiger partial charge in [0.05, 0.1) is 40.8 Å². The second kappa shape index (κ2) is 8.99. The van der Waals surface area contributed by atoms with Gasteiger partial charge in [-0.1, -0.05) is 0 Å². The molecule has 0 saturated carbocycles. The predicted molar refractivity (Wildman–Crippen MR) is 100 cm³/mol. The van der Waals surface area contributed by atoms with Gasteiger partial charge < -0.3 is 23.8 Å². The summed E-state index contributed by atoms with van der Waals surface area (Å²) in [7, 11) is 4.68. The molecule has 1 saturated heterocycles. The van der Waals surface area contributed by atoms with Crippen LogP contribution in [0.3, 0.4) is 0 Å². The van der Waals surface area contributed by atoms with E-state index in [4.69, 9.17) is 18.9 Å². The molecule has 0 aliphatic carbocycles. The summed E-state index contributed by atoms with van der Waals surface area (Å²) in [5.74, 6) is 2.09. The highest BCUT2D eigenvalue weighted by Crippen LogP contribution is 2.26. The van der Waals surface area contributed by atoms with Gasteiger partial charge in [0.2, 0.25) is 5.95 Å². The van der Waals surface area contributed by atoms with Crippen molar-refractivity contribution in [3.63, 3.8) is 0 Å². The quantitative estimate of drug-likeness (QED) is 0.565. The van der Waals surface area contributed by atoms with E-state index in [0.717, 1.165) is 5.56 Å². The smallest absolute Gasteiger partial charge is 0.322 e. The van der Waals surface area contributed by atoms with Crippen LogP contribution in [0.4, 0.5) is 11.9 Å². The van der Waals surface area contributed by atoms with Gasteiger partial charge in [0.1, 0.15) is 0 Å². The van der Waals surface area contributed by atoms with Crippen molar-refractivity contribution < 1.29 is 18.9 Å². The number of morpholine rings is 1. The average molecular weight is 374 g/mol. The van der Waals surface area contributed by atoms with Gasteiger partial charge in [-0.3, -0.25) is 0 Å². The third-order valence-corrected chi connectivity index (χ3v) is 3.87. The van der Waals surface area contributed by atoms with Gasteiger partial charge in [0.25, 0.3) is 5.95 Å². The van der Waals surface area contributed by atoms with E-state index < -0.39 is 0 Å². The van der Waals surface area contributed by atoms with E-state index in [1.165, 1.54) is 7.11 Å². The molecule has 0 unspecified atom stereocenters. The first-order valence-electron chi connectivity index (χ1n) is 8.37. The van der Waals surface area contributed by atoms with Crippen LogP contribution in [-0.2, 0) is 4.74 Å². The van der Waals surface area contributed by atoms with E-state index in [1.807, 2.05) is 23.1 Å². The van der Waals surface area contributed by atoms with Crippen molar-refractivity contribution >= 4 is 18.1 Å². The Morgan fingerprint density at radius 2 is 1.81 bits per heavy atom. The zero-order valence-corrected chi connectivity index (χ0v) is 15.5. The van der Waals surface area contributed by atoms with E-state index in [9.17, 15) is 0 Å². The fourth-order valence-corrected chi connectivity index (χ4v) is 2.49. The lowest BCUT2D eigenvalue weighted by Crippen LogP contribution is -2.37. The minimum atomic E-state index is 0.218. The molecule has 1 aromatic carbocycles. The van der Waals surface area contributed by atoms with Gasteiger partial charge in [-0.15, -0.1) is 0 Å². The maximum atomic E-state index is 5.35. The van der Waals surface area contributed by atoms with Crippen molar-refractivity contribution in [2.24, 2.45) is 5.10 Å². The Hall–Kier alpha value is -3.14. The lowest BCUT2D eigenvalue weighted by molar-refractivity contribution is 0.122. The zero-order chi connectivity index (χ0) is 19.1. The molecule has 0 radical (unpaired) electrons. The highest BCUT2D eigenvalue weighted by molar-refractivity contribution is 5.81. The summed E-state index contributed by atoms with van der Waals surface area (Å²) in [6.07, 6.45) is 1.63. The lowest BCUT2D eigenvalue weighted by Gasteiger charge is -2.26. The molecule has 0 spiro atoms. The van der Waals surface area contributed by atoms with Crippen LogP contribution in [0, 0.1) is 0 Å². The van der Waals surface area contributed by atoms with Gasteiger partial charge in [-0.2, -0.15) is 20.1 Å². The number of nitrogens with zero attached hydrogens (tertiary/aromatic N) is 5. The molecule has 1 fully saturated rings. The highest BCUT2D eigenvalue weighted by Gasteiger charge is 2.16. The van der Waals surface area contributed by atoms with Crippen LogP contribution in [0.25, 0.3) is 0 Å². The minimum absolute atomic E-state index is 0.218. The normalized spacial score (nSPS) is 14.3. The fraction of sp³-hybridized carbons (Fsp3) is 0.412. The Kier molecular flexibility index (Phi) is 6.21. The van der Waals surface area contributed by atoms with E-state index in [-0.39, 0.29) is 6.01 Å². The zero-order valence-electron chi connectivity index (χ0n) is 15.5. The molecule has 27 heavy (non-hydrogen) atoms. The third kappa shape index (κ3) is 4.73. The molecular formula is C17H22N6O4. The number of ether oxygens (including phenoxy) is 4. The molecule has 1 aliphatic heterocycles. The van der Waals surface area contributed by atoms with Gasteiger partial charge in [0.15, 0.2) is 11.5 Å². The van der Waals surface area contributed by atoms with Crippen LogP contribution in [0.1, 0.15) is 5.56 Å². The maximum Gasteiger partial charge on any atom is 0.322 e. The van der Waals surface area contributed by atoms with E-state index in [1.54, 1.807) is 20.4 Å². The number of hydrazone groups is 1. The van der Waals surface area contributed by atoms with Gasteiger partial charge in [-0.25, -0.2) is 5.43 Å². The summed E-state index contributed by atoms with van der Waals surface area (Å²) < 4.78 is 21.0. The second-order valence-electron chi connectivity index (χ2n) is 5.53. The van der Waals surface area contributed by atoms with E-state index in [0.29, 0.717) is 49.7 Å². The first-order valence-corrected chi connectivity index (χ1v) is 8.37. The van der Waals surface area contributed by atoms with Crippen molar-refractivity contribution in [3.8, 4) is 17.5 Å². The Morgan fingerprint density at radius 3 is 2.52 bits per heavy atom. The molecule has 2 heterocycles. The number of anilines is 2. The molecule has 3 rings (SSSR count). The number of benzene rings is 1. The molecule has 1 N–H and O–H groups in total. The molecule has 1 aromatic heterocycles. The molecule has 144 valence electrons. The summed E-state index contributed by atoms with van der Waals surface area (Å²) >= 11 is 0. The fourth-order valence-electron chi connectivity index (χ4n) is 2.49. The first-order chi connectivity index (χ1) is 13.2. The molecule has 10 nitrogen and oxygen atoms in total. The van der Waals surface area contributed by atoms with Gasteiger partial charge >= 0.3 is 6.01 Å². The Balaban J connectivity index is 1.74. The van der Waals surface area contributed by atoms with Crippen molar-refractivity contribution in [1.29, 1.82) is 0 Å². The van der Waals surface area contributed by atoms with E-state index in [2.05, 4.69) is 25.5 Å². The van der Waals surface area contributed by atoms with Crippen LogP contribution in [-0.4, -0.2) is 68.8 Å². The number of nitrogens with one attached hydrogen (secondary N) is 1. The first kappa shape index (κ1) is 18.6. The Labute approximate surface area is 157 Å². The minimum Gasteiger partial charge on any atom is -0.493 e. The summed E-state index contributed by atoms with van der Waals surface area (Å²) in [5, 5.41) is 4.18. The van der Waals surface area contributed by atoms with Crippen molar-refractivity contribution in [1.82, 2.24) is 15.0 Å². The van der Waals surface area contributed by atoms with Crippen LogP contribution in [0.15, 0.2) is 23.3 Å². The van der Waals surface area contributed by atoms with Gasteiger partial charge in [0, 0.05) is 13.1 Å². The van der Waals surface area contributed by atoms with Crippen LogP contribution in [0.2, 0.25) is 0 Å². The molecule has 0 bridgehead atoms. The average Bonchev–Trinajstić information content (AvgIpc) is 2.74. The molecule has 10 heteroatoms. The monoisotopic (exact) mass is 374 g/mol. The molecular weight excluding hydrogens is 352 g/mol. The summed E-state index contributed by atoms with van der Waals surface area (Å²) in [6, 6.07) is 5.70. The summed E-state index contributed by atoms with van der Waals surface area (Å²) in [5.41, 5.74) is 3.64. The van der Waals surface area contributed by atoms with E-state index >= 15 is 0 Å². The third-order valence-electron chi connectivity index (χ3n) is 3.87. The maximum absolute atomic E-state index is 5.35. The Bertz CT molecular complexity index is 795. The predicted octanol–water partition coefficient (Wildman–Crippen LogP) is 1.18. The summed E-state index contributed by atoms with van der Waals surface area (Å²) in [4.78, 5) is 14.9. The second-order valence-corrected chi connectivity index (χ2v) is 5.53. The number of hydrogen-bond acceptors (Lipinski definition) is 10. The number of methoxy groups -OCH3 is 3. The molecule has 0 atom stereocenters. The lowest BCUT2D eigenvalue weighted by atomic mass is 10.2. The number of aromatic nitrogens is 3. The van der Waals surface area contributed by atoms with Crippen molar-refractivity contribution in [2.75, 3.05) is 58.0 Å². The molecule has 2 aromatic rings. The standard InChI is InChI=1S/C17H22N6O4/c1-24-13-5-4-12(10-14(13)25-2)11-18-22-15-19-16(21-17(20-15)26-3)23-6-8-27-9-7-23/h4-5,10-11H,6-9H2,1-3H3,(H,19,20,21,22)/b18-11-. The van der Waals surface area contributed by atoms with Crippen LogP contribution < -0.4 is 24.5 Å². The largest absolute Gasteiger partial charge is 0.493 e. The van der Waals surface area contributed by atoms with Crippen molar-refractivity contribution in [3.05, 3.63) is 23.8 Å². The Morgan fingerprint density at radius 1 is 1.04 bits per heavy atom. The topological polar surface area (TPSA) is 103 Å².